The molecule has 0 spiro atoms. The molecule has 6 heteroatoms. The van der Waals surface area contributed by atoms with Crippen LogP contribution in [0.2, 0.25) is 0 Å². The Morgan fingerprint density at radius 1 is 1.31 bits per heavy atom. The van der Waals surface area contributed by atoms with Crippen molar-refractivity contribution in [2.24, 2.45) is 0 Å². The van der Waals surface area contributed by atoms with Gasteiger partial charge in [-0.1, -0.05) is 29.8 Å². The summed E-state index contributed by atoms with van der Waals surface area (Å²) in [4.78, 5) is 10.6. The van der Waals surface area contributed by atoms with E-state index in [9.17, 15) is 23.1 Å². The highest BCUT2D eigenvalue weighted by Gasteiger charge is 2.61. The Morgan fingerprint density at radius 3 is 2.25 bits per heavy atom. The number of halogens is 3. The highest BCUT2D eigenvalue weighted by Crippen LogP contribution is 2.39. The summed E-state index contributed by atoms with van der Waals surface area (Å²) in [5.41, 5.74) is -4.13. The smallest absolute Gasteiger partial charge is 0.432 e. The third-order valence-electron chi connectivity index (χ3n) is 2.16. The standard InChI is InChI=1S/C10H9F3O3/c1-6-3-2-4-7(5-6)9(16,8(14)15)10(11,12)13/h2-5,16H,1H3,(H,14,15). The topological polar surface area (TPSA) is 57.5 Å². The molecule has 0 aliphatic carbocycles. The van der Waals surface area contributed by atoms with Crippen LogP contribution in [0.15, 0.2) is 24.3 Å². The van der Waals surface area contributed by atoms with Gasteiger partial charge in [0.1, 0.15) is 0 Å². The molecule has 88 valence electrons. The van der Waals surface area contributed by atoms with E-state index >= 15 is 0 Å². The van der Waals surface area contributed by atoms with Gasteiger partial charge in [0, 0.05) is 5.56 Å². The summed E-state index contributed by atoms with van der Waals surface area (Å²) in [5, 5.41) is 17.8. The number of aryl methyl sites for hydroxylation is 1. The van der Waals surface area contributed by atoms with Gasteiger partial charge < -0.3 is 10.2 Å². The van der Waals surface area contributed by atoms with Gasteiger partial charge in [0.05, 0.1) is 0 Å². The summed E-state index contributed by atoms with van der Waals surface area (Å²) in [6.07, 6.45) is -5.27. The highest BCUT2D eigenvalue weighted by molar-refractivity contribution is 5.80. The summed E-state index contributed by atoms with van der Waals surface area (Å²) in [6, 6.07) is 4.67. The Hall–Kier alpha value is -1.56. The number of carboxylic acids is 1. The van der Waals surface area contributed by atoms with Crippen LogP contribution in [0.3, 0.4) is 0 Å². The van der Waals surface area contributed by atoms with Crippen LogP contribution < -0.4 is 0 Å². The first kappa shape index (κ1) is 12.5. The maximum absolute atomic E-state index is 12.5. The molecule has 0 fully saturated rings. The minimum atomic E-state index is -5.27. The monoisotopic (exact) mass is 234 g/mol. The van der Waals surface area contributed by atoms with Crippen molar-refractivity contribution in [3.63, 3.8) is 0 Å². The highest BCUT2D eigenvalue weighted by atomic mass is 19.4. The molecule has 0 amide bonds. The lowest BCUT2D eigenvalue weighted by Crippen LogP contribution is -2.49. The third-order valence-corrected chi connectivity index (χ3v) is 2.16. The normalized spacial score (nSPS) is 15.6. The second kappa shape index (κ2) is 3.79. The first-order chi connectivity index (χ1) is 7.19. The van der Waals surface area contributed by atoms with E-state index in [2.05, 4.69) is 0 Å². The van der Waals surface area contributed by atoms with E-state index in [0.717, 1.165) is 12.1 Å². The summed E-state index contributed by atoms with van der Waals surface area (Å²) < 4.78 is 37.6. The van der Waals surface area contributed by atoms with E-state index in [0.29, 0.717) is 5.56 Å². The molecule has 3 nitrogen and oxygen atoms in total. The molecule has 1 aromatic carbocycles. The Kier molecular flexibility index (Phi) is 2.96. The predicted molar refractivity (Wildman–Crippen MR) is 48.8 cm³/mol. The van der Waals surface area contributed by atoms with Crippen molar-refractivity contribution in [2.75, 3.05) is 0 Å². The third kappa shape index (κ3) is 1.88. The van der Waals surface area contributed by atoms with Crippen LogP contribution in [0.1, 0.15) is 11.1 Å². The van der Waals surface area contributed by atoms with Crippen molar-refractivity contribution >= 4 is 5.97 Å². The summed E-state index contributed by atoms with van der Waals surface area (Å²) in [7, 11) is 0. The number of aliphatic hydroxyl groups is 1. The molecular weight excluding hydrogens is 225 g/mol. The van der Waals surface area contributed by atoms with Crippen molar-refractivity contribution in [1.82, 2.24) is 0 Å². The van der Waals surface area contributed by atoms with Crippen LogP contribution in [0.25, 0.3) is 0 Å². The van der Waals surface area contributed by atoms with E-state index in [-0.39, 0.29) is 0 Å². The zero-order valence-corrected chi connectivity index (χ0v) is 8.25. The molecule has 1 atom stereocenters. The molecule has 2 N–H and O–H groups in total. The number of hydrogen-bond donors (Lipinski definition) is 2. The molecule has 0 heterocycles. The van der Waals surface area contributed by atoms with Crippen molar-refractivity contribution in [2.45, 2.75) is 18.7 Å². The maximum atomic E-state index is 12.5. The molecule has 0 saturated carbocycles. The number of benzene rings is 1. The summed E-state index contributed by atoms with van der Waals surface area (Å²) in [5.74, 6) is -2.34. The van der Waals surface area contributed by atoms with E-state index < -0.39 is 23.3 Å². The average molecular weight is 234 g/mol. The molecule has 0 saturated heterocycles. The average Bonchev–Trinajstić information content (AvgIpc) is 2.14. The zero-order chi connectivity index (χ0) is 12.6. The molecule has 0 aliphatic rings. The minimum absolute atomic E-state index is 0.432. The van der Waals surface area contributed by atoms with E-state index in [1.807, 2.05) is 0 Å². The number of carboxylic acid groups (broad SMARTS) is 1. The number of carbonyl (C=O) groups is 1. The summed E-state index contributed by atoms with van der Waals surface area (Å²) >= 11 is 0. The molecule has 1 unspecified atom stereocenters. The van der Waals surface area contributed by atoms with Gasteiger partial charge in [-0.3, -0.25) is 0 Å². The van der Waals surface area contributed by atoms with Gasteiger partial charge in [-0.15, -0.1) is 0 Å². The van der Waals surface area contributed by atoms with Crippen LogP contribution in [0, 0.1) is 6.92 Å². The number of aliphatic carboxylic acids is 1. The molecule has 0 aliphatic heterocycles. The lowest BCUT2D eigenvalue weighted by Gasteiger charge is -2.26. The lowest BCUT2D eigenvalue weighted by molar-refractivity contribution is -0.265. The molecule has 1 rings (SSSR count). The zero-order valence-electron chi connectivity index (χ0n) is 8.25. The summed E-state index contributed by atoms with van der Waals surface area (Å²) in [6.45, 7) is 1.50. The quantitative estimate of drug-likeness (QED) is 0.820. The fraction of sp³-hybridized carbons (Fsp3) is 0.300. The van der Waals surface area contributed by atoms with Gasteiger partial charge in [0.15, 0.2) is 0 Å². The van der Waals surface area contributed by atoms with Gasteiger partial charge in [-0.05, 0) is 6.92 Å². The molecule has 16 heavy (non-hydrogen) atoms. The molecular formula is C10H9F3O3. The van der Waals surface area contributed by atoms with E-state index in [1.165, 1.54) is 19.1 Å². The largest absolute Gasteiger partial charge is 0.479 e. The van der Waals surface area contributed by atoms with Crippen molar-refractivity contribution in [3.05, 3.63) is 35.4 Å². The Balaban J connectivity index is 3.39. The van der Waals surface area contributed by atoms with Gasteiger partial charge in [0.2, 0.25) is 0 Å². The predicted octanol–water partition coefficient (Wildman–Crippen LogP) is 1.83. The molecule has 0 aromatic heterocycles. The van der Waals surface area contributed by atoms with Gasteiger partial charge in [-0.2, -0.15) is 13.2 Å². The van der Waals surface area contributed by atoms with Gasteiger partial charge in [-0.25, -0.2) is 4.79 Å². The fourth-order valence-corrected chi connectivity index (χ4v) is 1.28. The Labute approximate surface area is 89.1 Å². The van der Waals surface area contributed by atoms with Crippen LogP contribution in [0.5, 0.6) is 0 Å². The molecule has 0 radical (unpaired) electrons. The van der Waals surface area contributed by atoms with Crippen molar-refractivity contribution in [3.8, 4) is 0 Å². The first-order valence-electron chi connectivity index (χ1n) is 4.29. The van der Waals surface area contributed by atoms with Crippen molar-refractivity contribution < 1.29 is 28.2 Å². The minimum Gasteiger partial charge on any atom is -0.479 e. The number of alkyl halides is 3. The van der Waals surface area contributed by atoms with Crippen LogP contribution in [-0.4, -0.2) is 22.4 Å². The number of hydrogen-bond acceptors (Lipinski definition) is 2. The van der Waals surface area contributed by atoms with E-state index in [1.54, 1.807) is 0 Å². The fourth-order valence-electron chi connectivity index (χ4n) is 1.28. The van der Waals surface area contributed by atoms with Crippen LogP contribution in [-0.2, 0) is 10.4 Å². The molecule has 0 bridgehead atoms. The van der Waals surface area contributed by atoms with Crippen molar-refractivity contribution in [1.29, 1.82) is 0 Å². The second-order valence-corrected chi connectivity index (χ2v) is 3.38. The maximum Gasteiger partial charge on any atom is 0.432 e. The second-order valence-electron chi connectivity index (χ2n) is 3.38. The first-order valence-corrected chi connectivity index (χ1v) is 4.29. The Morgan fingerprint density at radius 2 is 1.88 bits per heavy atom. The van der Waals surface area contributed by atoms with Crippen LogP contribution >= 0.6 is 0 Å². The van der Waals surface area contributed by atoms with Crippen LogP contribution in [0.4, 0.5) is 13.2 Å². The van der Waals surface area contributed by atoms with Gasteiger partial charge >= 0.3 is 12.1 Å². The number of rotatable bonds is 2. The van der Waals surface area contributed by atoms with Gasteiger partial charge in [0.25, 0.3) is 5.60 Å². The SMILES string of the molecule is Cc1cccc(C(O)(C(=O)O)C(F)(F)F)c1. The lowest BCUT2D eigenvalue weighted by atomic mass is 9.92. The van der Waals surface area contributed by atoms with E-state index in [4.69, 9.17) is 5.11 Å². The Bertz CT molecular complexity index is 414. The molecule has 1 aromatic rings.